The number of carbonyl (C=O) groups is 3. The number of hydrogen-bond donors (Lipinski definition) is 1. The summed E-state index contributed by atoms with van der Waals surface area (Å²) >= 11 is 0. The maximum Gasteiger partial charge on any atom is 0.343 e. The highest BCUT2D eigenvalue weighted by Crippen LogP contribution is 2.44. The third kappa shape index (κ3) is 4.35. The van der Waals surface area contributed by atoms with Crippen LogP contribution in [0.1, 0.15) is 59.3 Å². The number of esters is 1. The first-order valence-corrected chi connectivity index (χ1v) is 11.1. The van der Waals surface area contributed by atoms with Crippen LogP contribution in [0.2, 0.25) is 0 Å². The van der Waals surface area contributed by atoms with Gasteiger partial charge in [0.1, 0.15) is 5.57 Å². The number of ketones is 2. The standard InChI is InChI=1S/C25H31NO5/c1-4-6-7-8-9-11-21(28)22-20-15-17-14-18(10-5-2)26(12-13-27)16-19(17)23(29)25(20,3)31-24(22)30/h5,10,14-16,27H,4,6-9,11-13H2,1-3H3. The molecule has 0 fully saturated rings. The number of rotatable bonds is 10. The Labute approximate surface area is 183 Å². The van der Waals surface area contributed by atoms with E-state index in [4.69, 9.17) is 4.74 Å². The molecule has 0 amide bonds. The number of aliphatic hydroxyl groups is 1. The Balaban J connectivity index is 1.97. The summed E-state index contributed by atoms with van der Waals surface area (Å²) in [6, 6.07) is 0. The van der Waals surface area contributed by atoms with E-state index in [9.17, 15) is 19.5 Å². The van der Waals surface area contributed by atoms with Crippen LogP contribution >= 0.6 is 0 Å². The molecule has 166 valence electrons. The smallest absolute Gasteiger partial charge is 0.343 e. The Kier molecular flexibility index (Phi) is 7.11. The second-order valence-electron chi connectivity index (χ2n) is 8.26. The molecule has 0 aromatic rings. The number of nitrogens with zero attached hydrogens (tertiary/aromatic N) is 1. The van der Waals surface area contributed by atoms with Gasteiger partial charge >= 0.3 is 5.97 Å². The van der Waals surface area contributed by atoms with Crippen molar-refractivity contribution in [1.82, 2.24) is 4.90 Å². The summed E-state index contributed by atoms with van der Waals surface area (Å²) in [6.45, 7) is 5.84. The largest absolute Gasteiger partial charge is 0.442 e. The van der Waals surface area contributed by atoms with Gasteiger partial charge in [-0.1, -0.05) is 38.7 Å². The van der Waals surface area contributed by atoms with Gasteiger partial charge in [-0.25, -0.2) is 4.79 Å². The van der Waals surface area contributed by atoms with Crippen LogP contribution in [0.4, 0.5) is 0 Å². The van der Waals surface area contributed by atoms with E-state index in [1.165, 1.54) is 0 Å². The van der Waals surface area contributed by atoms with Crippen molar-refractivity contribution in [3.63, 3.8) is 0 Å². The Morgan fingerprint density at radius 3 is 2.61 bits per heavy atom. The fourth-order valence-electron chi connectivity index (χ4n) is 4.26. The molecule has 0 bridgehead atoms. The molecule has 1 aliphatic carbocycles. The highest BCUT2D eigenvalue weighted by molar-refractivity contribution is 6.24. The molecule has 2 heterocycles. The van der Waals surface area contributed by atoms with Gasteiger partial charge in [-0.2, -0.15) is 0 Å². The summed E-state index contributed by atoms with van der Waals surface area (Å²) in [5, 5.41) is 9.38. The summed E-state index contributed by atoms with van der Waals surface area (Å²) in [7, 11) is 0. The van der Waals surface area contributed by atoms with Gasteiger partial charge in [-0.15, -0.1) is 0 Å². The Morgan fingerprint density at radius 2 is 1.94 bits per heavy atom. The van der Waals surface area contributed by atoms with E-state index in [1.54, 1.807) is 24.1 Å². The lowest BCUT2D eigenvalue weighted by Gasteiger charge is -2.34. The highest BCUT2D eigenvalue weighted by atomic mass is 16.6. The third-order valence-electron chi connectivity index (χ3n) is 5.96. The molecule has 0 radical (unpaired) electrons. The zero-order valence-corrected chi connectivity index (χ0v) is 18.6. The molecule has 6 nitrogen and oxygen atoms in total. The van der Waals surface area contributed by atoms with Crippen molar-refractivity contribution < 1.29 is 24.2 Å². The molecule has 0 spiro atoms. The van der Waals surface area contributed by atoms with Crippen LogP contribution in [0.5, 0.6) is 0 Å². The monoisotopic (exact) mass is 425 g/mol. The normalized spacial score (nSPS) is 22.8. The summed E-state index contributed by atoms with van der Waals surface area (Å²) in [6.07, 6.45) is 14.3. The maximum atomic E-state index is 13.4. The van der Waals surface area contributed by atoms with Crippen LogP contribution in [0.3, 0.4) is 0 Å². The fourth-order valence-corrected chi connectivity index (χ4v) is 4.26. The first-order valence-electron chi connectivity index (χ1n) is 11.1. The number of ether oxygens (including phenoxy) is 1. The molecule has 3 aliphatic rings. The van der Waals surface area contributed by atoms with Crippen molar-refractivity contribution in [3.05, 3.63) is 58.5 Å². The van der Waals surface area contributed by atoms with Crippen molar-refractivity contribution in [1.29, 1.82) is 0 Å². The molecule has 1 unspecified atom stereocenters. The topological polar surface area (TPSA) is 83.9 Å². The first-order chi connectivity index (χ1) is 14.9. The second-order valence-corrected chi connectivity index (χ2v) is 8.26. The van der Waals surface area contributed by atoms with E-state index in [0.29, 0.717) is 23.3 Å². The molecule has 1 N–H and O–H groups in total. The van der Waals surface area contributed by atoms with Gasteiger partial charge < -0.3 is 14.7 Å². The lowest BCUT2D eigenvalue weighted by molar-refractivity contribution is -0.153. The van der Waals surface area contributed by atoms with Gasteiger partial charge in [0.25, 0.3) is 0 Å². The zero-order valence-electron chi connectivity index (χ0n) is 18.6. The minimum atomic E-state index is -1.49. The number of allylic oxidation sites excluding steroid dienone is 4. The SMILES string of the molecule is CC=CC1=CC2=CC3=C(C(=O)CCCCCCC)C(=O)OC3(C)C(=O)C2=CN1CCO. The first kappa shape index (κ1) is 22.9. The number of fused-ring (bicyclic) bond motifs is 2. The van der Waals surface area contributed by atoms with E-state index in [2.05, 4.69) is 6.92 Å². The van der Waals surface area contributed by atoms with Gasteiger partial charge in [-0.3, -0.25) is 9.59 Å². The third-order valence-corrected chi connectivity index (χ3v) is 5.96. The summed E-state index contributed by atoms with van der Waals surface area (Å²) in [5.41, 5.74) is 0.755. The van der Waals surface area contributed by atoms with E-state index in [0.717, 1.165) is 37.8 Å². The van der Waals surface area contributed by atoms with Crippen molar-refractivity contribution in [3.8, 4) is 0 Å². The maximum absolute atomic E-state index is 13.4. The van der Waals surface area contributed by atoms with E-state index < -0.39 is 11.6 Å². The zero-order chi connectivity index (χ0) is 22.6. The van der Waals surface area contributed by atoms with Gasteiger partial charge in [0.2, 0.25) is 5.78 Å². The van der Waals surface area contributed by atoms with Crippen LogP contribution < -0.4 is 0 Å². The molecule has 0 aromatic carbocycles. The molecule has 3 rings (SSSR count). The van der Waals surface area contributed by atoms with Crippen LogP contribution in [0.15, 0.2) is 58.5 Å². The van der Waals surface area contributed by atoms with Crippen molar-refractivity contribution in [2.75, 3.05) is 13.2 Å². The summed E-state index contributed by atoms with van der Waals surface area (Å²) in [5.74, 6) is -1.32. The molecule has 31 heavy (non-hydrogen) atoms. The fraction of sp³-hybridized carbons (Fsp3) is 0.480. The van der Waals surface area contributed by atoms with E-state index in [1.807, 2.05) is 25.2 Å². The Hall–Kier alpha value is -2.73. The van der Waals surface area contributed by atoms with Gasteiger partial charge in [-0.05, 0) is 44.1 Å². The van der Waals surface area contributed by atoms with Crippen LogP contribution in [-0.4, -0.2) is 46.3 Å². The van der Waals surface area contributed by atoms with Gasteiger partial charge in [0.15, 0.2) is 11.4 Å². The van der Waals surface area contributed by atoms with E-state index in [-0.39, 0.29) is 30.2 Å². The van der Waals surface area contributed by atoms with Crippen molar-refractivity contribution in [2.24, 2.45) is 0 Å². The molecule has 0 saturated heterocycles. The number of hydrogen-bond acceptors (Lipinski definition) is 6. The predicted molar refractivity (Wildman–Crippen MR) is 118 cm³/mol. The second kappa shape index (κ2) is 9.60. The average molecular weight is 426 g/mol. The number of unbranched alkanes of at least 4 members (excludes halogenated alkanes) is 4. The van der Waals surface area contributed by atoms with E-state index >= 15 is 0 Å². The summed E-state index contributed by atoms with van der Waals surface area (Å²) < 4.78 is 5.49. The quantitative estimate of drug-likeness (QED) is 0.326. The number of β-amino-alcohol motifs (C(OH)–C–C–N with tert-alkyl or cyclic N) is 1. The van der Waals surface area contributed by atoms with Crippen molar-refractivity contribution in [2.45, 2.75) is 64.9 Å². The van der Waals surface area contributed by atoms with Gasteiger partial charge in [0.05, 0.1) is 6.61 Å². The van der Waals surface area contributed by atoms with Crippen molar-refractivity contribution >= 4 is 17.5 Å². The Bertz CT molecular complexity index is 934. The predicted octanol–water partition coefficient (Wildman–Crippen LogP) is 3.69. The molecule has 6 heteroatoms. The minimum absolute atomic E-state index is 0.0108. The molecule has 0 aromatic heterocycles. The highest BCUT2D eigenvalue weighted by Gasteiger charge is 2.54. The lowest BCUT2D eigenvalue weighted by atomic mass is 9.76. The average Bonchev–Trinajstić information content (AvgIpc) is 3.00. The molecule has 0 saturated carbocycles. The molecular formula is C25H31NO5. The number of aliphatic hydroxyl groups excluding tert-OH is 1. The van der Waals surface area contributed by atoms with Gasteiger partial charge in [0, 0.05) is 36.0 Å². The Morgan fingerprint density at radius 1 is 1.19 bits per heavy atom. The van der Waals surface area contributed by atoms with Crippen LogP contribution in [-0.2, 0) is 19.1 Å². The number of Topliss-reactive ketones (excluding diaryl/α,β-unsaturated/α-hetero) is 2. The van der Waals surface area contributed by atoms with Crippen LogP contribution in [0, 0.1) is 0 Å². The van der Waals surface area contributed by atoms with Crippen LogP contribution in [0.25, 0.3) is 0 Å². The lowest BCUT2D eigenvalue weighted by Crippen LogP contribution is -2.43. The summed E-state index contributed by atoms with van der Waals surface area (Å²) in [4.78, 5) is 40.7. The number of carbonyl (C=O) groups excluding carboxylic acids is 3. The molecule has 2 aliphatic heterocycles. The minimum Gasteiger partial charge on any atom is -0.442 e. The molecule has 1 atom stereocenters. The molecular weight excluding hydrogens is 394 g/mol.